The predicted octanol–water partition coefficient (Wildman–Crippen LogP) is 1.67. The van der Waals surface area contributed by atoms with Crippen molar-refractivity contribution in [3.63, 3.8) is 0 Å². The molecule has 0 bridgehead atoms. The molecule has 1 aromatic heterocycles. The fourth-order valence-corrected chi connectivity index (χ4v) is 3.56. The number of pyridine rings is 1. The minimum absolute atomic E-state index is 0.0817. The largest absolute Gasteiger partial charge is 0.384 e. The van der Waals surface area contributed by atoms with Gasteiger partial charge in [0.2, 0.25) is 0 Å². The van der Waals surface area contributed by atoms with Crippen LogP contribution in [0.3, 0.4) is 0 Å². The summed E-state index contributed by atoms with van der Waals surface area (Å²) in [5, 5.41) is 0. The zero-order valence-electron chi connectivity index (χ0n) is 12.7. The van der Waals surface area contributed by atoms with Gasteiger partial charge >= 0.3 is 0 Å². The first-order valence-corrected chi connectivity index (χ1v) is 7.91. The molecule has 3 rings (SSSR count). The molecule has 5 nitrogen and oxygen atoms in total. The zero-order valence-corrected chi connectivity index (χ0v) is 12.7. The third-order valence-corrected chi connectivity index (χ3v) is 4.66. The second-order valence-electron chi connectivity index (χ2n) is 6.19. The van der Waals surface area contributed by atoms with Gasteiger partial charge in [-0.05, 0) is 31.9 Å². The predicted molar refractivity (Wildman–Crippen MR) is 83.1 cm³/mol. The first kappa shape index (κ1) is 14.3. The summed E-state index contributed by atoms with van der Waals surface area (Å²) in [7, 11) is 0. The topological polar surface area (TPSA) is 62.5 Å². The van der Waals surface area contributed by atoms with Crippen LogP contribution in [-0.2, 0) is 0 Å². The summed E-state index contributed by atoms with van der Waals surface area (Å²) >= 11 is 0. The normalized spacial score (nSPS) is 20.9. The van der Waals surface area contributed by atoms with Crippen LogP contribution in [0.1, 0.15) is 41.7 Å². The second kappa shape index (κ2) is 6.02. The van der Waals surface area contributed by atoms with Crippen LogP contribution in [0.2, 0.25) is 0 Å². The average Bonchev–Trinajstić information content (AvgIpc) is 3.00. The lowest BCUT2D eigenvalue weighted by Crippen LogP contribution is -2.51. The van der Waals surface area contributed by atoms with Crippen molar-refractivity contribution >= 4 is 11.7 Å². The second-order valence-corrected chi connectivity index (χ2v) is 6.19. The van der Waals surface area contributed by atoms with Crippen LogP contribution < -0.4 is 5.73 Å². The van der Waals surface area contributed by atoms with Gasteiger partial charge in [0.15, 0.2) is 0 Å². The monoisotopic (exact) mass is 288 g/mol. The highest BCUT2D eigenvalue weighted by atomic mass is 16.2. The number of carbonyl (C=O) groups excluding carboxylic acids is 1. The maximum absolute atomic E-state index is 12.6. The fraction of sp³-hybridized carbons (Fsp3) is 0.625. The number of anilines is 1. The number of nitrogens with two attached hydrogens (primary N) is 1. The molecule has 2 heterocycles. The van der Waals surface area contributed by atoms with E-state index in [0.717, 1.165) is 37.9 Å². The van der Waals surface area contributed by atoms with E-state index in [2.05, 4.69) is 9.88 Å². The zero-order chi connectivity index (χ0) is 14.8. The maximum atomic E-state index is 12.6. The summed E-state index contributed by atoms with van der Waals surface area (Å²) in [5.41, 5.74) is 7.20. The average molecular weight is 288 g/mol. The number of amides is 1. The van der Waals surface area contributed by atoms with Crippen molar-refractivity contribution < 1.29 is 4.79 Å². The molecule has 5 heteroatoms. The van der Waals surface area contributed by atoms with E-state index in [0.29, 0.717) is 11.4 Å². The van der Waals surface area contributed by atoms with Gasteiger partial charge in [0.05, 0.1) is 0 Å². The van der Waals surface area contributed by atoms with Crippen molar-refractivity contribution in [2.45, 2.75) is 38.6 Å². The van der Waals surface area contributed by atoms with Gasteiger partial charge < -0.3 is 10.6 Å². The Morgan fingerprint density at radius 3 is 2.48 bits per heavy atom. The Bertz CT molecular complexity index is 497. The highest BCUT2D eigenvalue weighted by molar-refractivity contribution is 5.95. The summed E-state index contributed by atoms with van der Waals surface area (Å²) in [4.78, 5) is 21.2. The quantitative estimate of drug-likeness (QED) is 0.899. The summed E-state index contributed by atoms with van der Waals surface area (Å²) < 4.78 is 0. The van der Waals surface area contributed by atoms with E-state index in [-0.39, 0.29) is 5.91 Å². The lowest BCUT2D eigenvalue weighted by Gasteiger charge is -2.38. The van der Waals surface area contributed by atoms with Crippen molar-refractivity contribution in [3.8, 4) is 0 Å². The number of nitrogens with zero attached hydrogens (tertiary/aromatic N) is 3. The molecule has 0 atom stereocenters. The fourth-order valence-electron chi connectivity index (χ4n) is 3.56. The number of aromatic nitrogens is 1. The number of aryl methyl sites for hydroxylation is 1. The van der Waals surface area contributed by atoms with E-state index in [1.54, 1.807) is 6.07 Å². The molecule has 0 radical (unpaired) electrons. The van der Waals surface area contributed by atoms with Gasteiger partial charge in [-0.2, -0.15) is 0 Å². The van der Waals surface area contributed by atoms with Crippen molar-refractivity contribution in [2.75, 3.05) is 31.9 Å². The molecule has 1 aliphatic heterocycles. The lowest BCUT2D eigenvalue weighted by molar-refractivity contribution is 0.0573. The first-order valence-electron chi connectivity index (χ1n) is 7.91. The van der Waals surface area contributed by atoms with Gasteiger partial charge in [0, 0.05) is 43.5 Å². The Labute approximate surface area is 126 Å². The molecular formula is C16H24N4O. The first-order chi connectivity index (χ1) is 10.1. The van der Waals surface area contributed by atoms with Crippen LogP contribution in [0.4, 0.5) is 5.82 Å². The number of piperazine rings is 1. The smallest absolute Gasteiger partial charge is 0.254 e. The summed E-state index contributed by atoms with van der Waals surface area (Å²) in [6, 6.07) is 4.25. The number of hydrogen-bond acceptors (Lipinski definition) is 4. The molecular weight excluding hydrogens is 264 g/mol. The Morgan fingerprint density at radius 2 is 1.86 bits per heavy atom. The van der Waals surface area contributed by atoms with Gasteiger partial charge in [-0.25, -0.2) is 4.98 Å². The van der Waals surface area contributed by atoms with E-state index in [1.807, 2.05) is 17.9 Å². The third kappa shape index (κ3) is 3.18. The number of carbonyl (C=O) groups is 1. The van der Waals surface area contributed by atoms with Crippen molar-refractivity contribution in [2.24, 2.45) is 0 Å². The van der Waals surface area contributed by atoms with E-state index >= 15 is 0 Å². The van der Waals surface area contributed by atoms with E-state index in [4.69, 9.17) is 5.73 Å². The summed E-state index contributed by atoms with van der Waals surface area (Å²) in [6.45, 7) is 5.49. The minimum Gasteiger partial charge on any atom is -0.384 e. The van der Waals surface area contributed by atoms with Crippen LogP contribution in [0.15, 0.2) is 12.1 Å². The lowest BCUT2D eigenvalue weighted by atomic mass is 10.1. The van der Waals surface area contributed by atoms with Gasteiger partial charge in [-0.1, -0.05) is 12.8 Å². The van der Waals surface area contributed by atoms with Crippen LogP contribution >= 0.6 is 0 Å². The van der Waals surface area contributed by atoms with Crippen LogP contribution in [0, 0.1) is 6.92 Å². The summed E-state index contributed by atoms with van der Waals surface area (Å²) in [5.74, 6) is 0.501. The Kier molecular flexibility index (Phi) is 4.10. The van der Waals surface area contributed by atoms with Crippen molar-refractivity contribution in [1.82, 2.24) is 14.8 Å². The van der Waals surface area contributed by atoms with Gasteiger partial charge in [0.25, 0.3) is 5.91 Å². The third-order valence-electron chi connectivity index (χ3n) is 4.66. The molecule has 2 fully saturated rings. The number of hydrogen-bond donors (Lipinski definition) is 1. The SMILES string of the molecule is Cc1cc(C(=O)N2CCN(C3CCCC3)CC2)cc(N)n1. The Hall–Kier alpha value is -1.62. The summed E-state index contributed by atoms with van der Waals surface area (Å²) in [6.07, 6.45) is 5.38. The van der Waals surface area contributed by atoms with E-state index < -0.39 is 0 Å². The van der Waals surface area contributed by atoms with Gasteiger partial charge in [-0.15, -0.1) is 0 Å². The van der Waals surface area contributed by atoms with Crippen molar-refractivity contribution in [3.05, 3.63) is 23.4 Å². The van der Waals surface area contributed by atoms with Gasteiger partial charge in [0.1, 0.15) is 5.82 Å². The molecule has 1 aliphatic carbocycles. The standard InChI is InChI=1S/C16H24N4O/c1-12-10-13(11-15(17)18-12)16(21)20-8-6-19(7-9-20)14-4-2-3-5-14/h10-11,14H,2-9H2,1H3,(H2,17,18). The Balaban J connectivity index is 1.62. The molecule has 1 saturated carbocycles. The van der Waals surface area contributed by atoms with E-state index in [9.17, 15) is 4.79 Å². The highest BCUT2D eigenvalue weighted by Gasteiger charge is 2.28. The Morgan fingerprint density at radius 1 is 1.19 bits per heavy atom. The molecule has 0 unspecified atom stereocenters. The van der Waals surface area contributed by atoms with E-state index in [1.165, 1.54) is 25.7 Å². The number of nitrogen functional groups attached to an aromatic ring is 1. The molecule has 1 amide bonds. The van der Waals surface area contributed by atoms with Crippen molar-refractivity contribution in [1.29, 1.82) is 0 Å². The van der Waals surface area contributed by atoms with Crippen LogP contribution in [0.5, 0.6) is 0 Å². The maximum Gasteiger partial charge on any atom is 0.254 e. The molecule has 1 aromatic rings. The molecule has 21 heavy (non-hydrogen) atoms. The minimum atomic E-state index is 0.0817. The molecule has 1 saturated heterocycles. The van der Waals surface area contributed by atoms with Crippen LogP contribution in [0.25, 0.3) is 0 Å². The molecule has 0 aromatic carbocycles. The van der Waals surface area contributed by atoms with Crippen LogP contribution in [-0.4, -0.2) is 52.9 Å². The number of rotatable bonds is 2. The molecule has 0 spiro atoms. The molecule has 2 aliphatic rings. The highest BCUT2D eigenvalue weighted by Crippen LogP contribution is 2.24. The molecule has 114 valence electrons. The van der Waals surface area contributed by atoms with Gasteiger partial charge in [-0.3, -0.25) is 9.69 Å². The molecule has 2 N–H and O–H groups in total.